The third-order valence-electron chi connectivity index (χ3n) is 3.31. The fraction of sp³-hybridized carbons (Fsp3) is 0.235. The predicted molar refractivity (Wildman–Crippen MR) is 93.4 cm³/mol. The number of methoxy groups -OCH3 is 1. The van der Waals surface area contributed by atoms with Crippen LogP contribution in [0.3, 0.4) is 0 Å². The molecular weight excluding hydrogens is 335 g/mol. The predicted octanol–water partition coefficient (Wildman–Crippen LogP) is 4.04. The number of amides is 2. The Morgan fingerprint density at radius 1 is 1.09 bits per heavy atom. The van der Waals surface area contributed by atoms with Crippen LogP contribution in [0, 0.1) is 0 Å². The molecule has 0 radical (unpaired) electrons. The lowest BCUT2D eigenvalue weighted by Crippen LogP contribution is -2.36. The number of hydrogen-bond acceptors (Lipinski definition) is 2. The quantitative estimate of drug-likeness (QED) is 0.823. The van der Waals surface area contributed by atoms with Crippen molar-refractivity contribution in [1.29, 1.82) is 0 Å². The van der Waals surface area contributed by atoms with Crippen LogP contribution in [0.5, 0.6) is 5.75 Å². The Labute approximate surface area is 145 Å². The number of carbonyl (C=O) groups is 1. The molecule has 2 amide bonds. The van der Waals surface area contributed by atoms with Gasteiger partial charge in [-0.25, -0.2) is 4.79 Å². The summed E-state index contributed by atoms with van der Waals surface area (Å²) < 4.78 is 5.09. The van der Waals surface area contributed by atoms with E-state index in [4.69, 9.17) is 27.9 Å². The molecule has 2 aromatic carbocycles. The van der Waals surface area contributed by atoms with Gasteiger partial charge in [-0.1, -0.05) is 41.4 Å². The molecule has 0 fully saturated rings. The fourth-order valence-electron chi connectivity index (χ4n) is 2.02. The topological polar surface area (TPSA) is 50.4 Å². The zero-order valence-corrected chi connectivity index (χ0v) is 14.2. The highest BCUT2D eigenvalue weighted by Gasteiger charge is 2.04. The average Bonchev–Trinajstić information content (AvgIpc) is 2.55. The van der Waals surface area contributed by atoms with Crippen molar-refractivity contribution in [2.45, 2.75) is 13.0 Å². The normalized spacial score (nSPS) is 10.2. The maximum atomic E-state index is 11.8. The summed E-state index contributed by atoms with van der Waals surface area (Å²) in [5.41, 5.74) is 1.95. The Kier molecular flexibility index (Phi) is 6.56. The Bertz CT molecular complexity index is 660. The first-order valence-electron chi connectivity index (χ1n) is 7.17. The Morgan fingerprint density at radius 3 is 2.48 bits per heavy atom. The Hall–Kier alpha value is -1.91. The van der Waals surface area contributed by atoms with Crippen LogP contribution < -0.4 is 15.4 Å². The molecule has 0 aliphatic rings. The van der Waals surface area contributed by atoms with Crippen molar-refractivity contribution < 1.29 is 9.53 Å². The van der Waals surface area contributed by atoms with Crippen LogP contribution in [0.4, 0.5) is 4.79 Å². The number of halogens is 2. The summed E-state index contributed by atoms with van der Waals surface area (Å²) in [6, 6.07) is 12.7. The molecule has 0 aromatic heterocycles. The summed E-state index contributed by atoms with van der Waals surface area (Å²) in [6.45, 7) is 0.952. The standard InChI is InChI=1S/C17H18Cl2N2O2/c1-23-15-6-2-12(3-7-15)11-21-17(22)20-9-8-13-4-5-14(18)10-16(13)19/h2-7,10H,8-9,11H2,1H3,(H2,20,21,22). The highest BCUT2D eigenvalue weighted by molar-refractivity contribution is 6.35. The number of ether oxygens (including phenoxy) is 1. The van der Waals surface area contributed by atoms with Crippen molar-refractivity contribution in [2.24, 2.45) is 0 Å². The lowest BCUT2D eigenvalue weighted by atomic mass is 10.1. The molecular formula is C17H18Cl2N2O2. The molecule has 0 aliphatic carbocycles. The van der Waals surface area contributed by atoms with E-state index in [0.717, 1.165) is 16.9 Å². The number of carbonyl (C=O) groups excluding carboxylic acids is 1. The van der Waals surface area contributed by atoms with Crippen LogP contribution in [0.1, 0.15) is 11.1 Å². The Morgan fingerprint density at radius 2 is 1.83 bits per heavy atom. The second kappa shape index (κ2) is 8.65. The molecule has 4 nitrogen and oxygen atoms in total. The number of urea groups is 1. The van der Waals surface area contributed by atoms with Gasteiger partial charge in [-0.15, -0.1) is 0 Å². The number of rotatable bonds is 6. The van der Waals surface area contributed by atoms with E-state index < -0.39 is 0 Å². The van der Waals surface area contributed by atoms with Crippen molar-refractivity contribution >= 4 is 29.2 Å². The van der Waals surface area contributed by atoms with Crippen molar-refractivity contribution in [3.8, 4) is 5.75 Å². The summed E-state index contributed by atoms with van der Waals surface area (Å²) in [6.07, 6.45) is 0.645. The minimum absolute atomic E-state index is 0.217. The van der Waals surface area contributed by atoms with E-state index in [2.05, 4.69) is 10.6 Å². The fourth-order valence-corrected chi connectivity index (χ4v) is 2.53. The molecule has 0 unspecified atom stereocenters. The van der Waals surface area contributed by atoms with Gasteiger partial charge < -0.3 is 15.4 Å². The summed E-state index contributed by atoms with van der Waals surface area (Å²) >= 11 is 11.9. The molecule has 122 valence electrons. The molecule has 0 aliphatic heterocycles. The maximum absolute atomic E-state index is 11.8. The van der Waals surface area contributed by atoms with Gasteiger partial charge in [-0.05, 0) is 41.8 Å². The van der Waals surface area contributed by atoms with E-state index in [-0.39, 0.29) is 6.03 Å². The second-order valence-corrected chi connectivity index (χ2v) is 5.79. The van der Waals surface area contributed by atoms with Gasteiger partial charge in [0.25, 0.3) is 0 Å². The molecule has 2 rings (SSSR count). The van der Waals surface area contributed by atoms with Crippen LogP contribution in [0.25, 0.3) is 0 Å². The first-order valence-corrected chi connectivity index (χ1v) is 7.92. The van der Waals surface area contributed by atoms with Crippen LogP contribution >= 0.6 is 23.2 Å². The van der Waals surface area contributed by atoms with Crippen molar-refractivity contribution in [1.82, 2.24) is 10.6 Å². The molecule has 0 saturated heterocycles. The van der Waals surface area contributed by atoms with Crippen LogP contribution in [-0.2, 0) is 13.0 Å². The molecule has 6 heteroatoms. The van der Waals surface area contributed by atoms with E-state index in [1.807, 2.05) is 30.3 Å². The number of hydrogen-bond donors (Lipinski definition) is 2. The van der Waals surface area contributed by atoms with Gasteiger partial charge in [0.15, 0.2) is 0 Å². The zero-order chi connectivity index (χ0) is 16.7. The second-order valence-electron chi connectivity index (χ2n) is 4.94. The average molecular weight is 353 g/mol. The van der Waals surface area contributed by atoms with Gasteiger partial charge in [0.2, 0.25) is 0 Å². The monoisotopic (exact) mass is 352 g/mol. The van der Waals surface area contributed by atoms with Gasteiger partial charge >= 0.3 is 6.03 Å². The lowest BCUT2D eigenvalue weighted by molar-refractivity contribution is 0.240. The number of benzene rings is 2. The SMILES string of the molecule is COc1ccc(CNC(=O)NCCc2ccc(Cl)cc2Cl)cc1. The highest BCUT2D eigenvalue weighted by Crippen LogP contribution is 2.21. The summed E-state index contributed by atoms with van der Waals surface area (Å²) in [7, 11) is 1.62. The van der Waals surface area contributed by atoms with E-state index in [0.29, 0.717) is 29.6 Å². The summed E-state index contributed by atoms with van der Waals surface area (Å²) in [5.74, 6) is 0.790. The highest BCUT2D eigenvalue weighted by atomic mass is 35.5. The van der Waals surface area contributed by atoms with Gasteiger partial charge in [0, 0.05) is 23.1 Å². The molecule has 2 N–H and O–H groups in total. The van der Waals surface area contributed by atoms with Gasteiger partial charge in [0.05, 0.1) is 7.11 Å². The first kappa shape index (κ1) is 17.4. The van der Waals surface area contributed by atoms with Crippen molar-refractivity contribution in [3.63, 3.8) is 0 Å². The minimum Gasteiger partial charge on any atom is -0.497 e. The third-order valence-corrected chi connectivity index (χ3v) is 3.89. The Balaban J connectivity index is 1.72. The molecule has 0 heterocycles. The van der Waals surface area contributed by atoms with Gasteiger partial charge in [0.1, 0.15) is 5.75 Å². The van der Waals surface area contributed by atoms with Gasteiger partial charge in [-0.2, -0.15) is 0 Å². The van der Waals surface area contributed by atoms with Gasteiger partial charge in [-0.3, -0.25) is 0 Å². The van der Waals surface area contributed by atoms with Crippen LogP contribution in [0.15, 0.2) is 42.5 Å². The largest absolute Gasteiger partial charge is 0.497 e. The lowest BCUT2D eigenvalue weighted by Gasteiger charge is -2.09. The van der Waals surface area contributed by atoms with E-state index in [1.165, 1.54) is 0 Å². The zero-order valence-electron chi connectivity index (χ0n) is 12.7. The van der Waals surface area contributed by atoms with E-state index in [9.17, 15) is 4.79 Å². The third kappa shape index (κ3) is 5.66. The first-order chi connectivity index (χ1) is 11.1. The van der Waals surface area contributed by atoms with E-state index >= 15 is 0 Å². The minimum atomic E-state index is -0.217. The van der Waals surface area contributed by atoms with Crippen LogP contribution in [0.2, 0.25) is 10.0 Å². The molecule has 0 atom stereocenters. The summed E-state index contributed by atoms with van der Waals surface area (Å²) in [4.78, 5) is 11.8. The smallest absolute Gasteiger partial charge is 0.315 e. The maximum Gasteiger partial charge on any atom is 0.315 e. The molecule has 0 spiro atoms. The number of nitrogens with one attached hydrogen (secondary N) is 2. The molecule has 0 saturated carbocycles. The molecule has 23 heavy (non-hydrogen) atoms. The molecule has 2 aromatic rings. The van der Waals surface area contributed by atoms with Crippen LogP contribution in [-0.4, -0.2) is 19.7 Å². The molecule has 0 bridgehead atoms. The van der Waals surface area contributed by atoms with E-state index in [1.54, 1.807) is 19.2 Å². The summed E-state index contributed by atoms with van der Waals surface area (Å²) in [5, 5.41) is 6.81. The van der Waals surface area contributed by atoms with Crippen molar-refractivity contribution in [2.75, 3.05) is 13.7 Å². The van der Waals surface area contributed by atoms with Crippen molar-refractivity contribution in [3.05, 3.63) is 63.6 Å².